The molecule has 1 aromatic heterocycles. The number of nitrogens with zero attached hydrogens (tertiary/aromatic N) is 3. The summed E-state index contributed by atoms with van der Waals surface area (Å²) in [7, 11) is 3.20. The van der Waals surface area contributed by atoms with Crippen molar-refractivity contribution in [2.75, 3.05) is 20.8 Å². The molecule has 0 saturated carbocycles. The average molecular weight is 552 g/mol. The molecule has 0 aliphatic carbocycles. The van der Waals surface area contributed by atoms with Gasteiger partial charge in [-0.25, -0.2) is 4.68 Å². The minimum atomic E-state index is -0.147. The molecule has 202 valence electrons. The highest BCUT2D eigenvalue weighted by Crippen LogP contribution is 2.34. The fourth-order valence-corrected chi connectivity index (χ4v) is 4.83. The molecule has 0 atom stereocenters. The lowest BCUT2D eigenvalue weighted by Gasteiger charge is -2.23. The van der Waals surface area contributed by atoms with Crippen LogP contribution in [0.1, 0.15) is 21.6 Å². The minimum absolute atomic E-state index is 0.147. The van der Waals surface area contributed by atoms with E-state index < -0.39 is 0 Å². The molecule has 5 aromatic rings. The van der Waals surface area contributed by atoms with Gasteiger partial charge >= 0.3 is 0 Å². The molecule has 0 radical (unpaired) electrons. The third-order valence-corrected chi connectivity index (χ3v) is 7.03. The summed E-state index contributed by atoms with van der Waals surface area (Å²) in [6.45, 7) is 0.994. The van der Waals surface area contributed by atoms with Crippen molar-refractivity contribution in [1.82, 2.24) is 14.7 Å². The number of aromatic nitrogens is 2. The van der Waals surface area contributed by atoms with Crippen LogP contribution in [0.3, 0.4) is 0 Å². The van der Waals surface area contributed by atoms with Gasteiger partial charge in [-0.05, 0) is 47.9 Å². The first-order chi connectivity index (χ1) is 19.6. The molecule has 0 fully saturated rings. The van der Waals surface area contributed by atoms with Crippen LogP contribution in [0.25, 0.3) is 16.9 Å². The van der Waals surface area contributed by atoms with Crippen molar-refractivity contribution in [1.29, 1.82) is 0 Å². The number of rotatable bonds is 10. The third-order valence-electron chi connectivity index (χ3n) is 6.71. The van der Waals surface area contributed by atoms with Crippen molar-refractivity contribution in [3.8, 4) is 28.4 Å². The van der Waals surface area contributed by atoms with Crippen LogP contribution in [0.4, 0.5) is 0 Å². The van der Waals surface area contributed by atoms with Crippen LogP contribution < -0.4 is 9.47 Å². The summed E-state index contributed by atoms with van der Waals surface area (Å²) in [6, 6.07) is 34.9. The van der Waals surface area contributed by atoms with Crippen LogP contribution >= 0.6 is 11.6 Å². The Labute approximate surface area is 239 Å². The van der Waals surface area contributed by atoms with E-state index in [-0.39, 0.29) is 5.91 Å². The van der Waals surface area contributed by atoms with Gasteiger partial charge in [0, 0.05) is 24.7 Å². The largest absolute Gasteiger partial charge is 0.497 e. The maximum absolute atomic E-state index is 14.3. The van der Waals surface area contributed by atoms with Crippen LogP contribution in [0, 0.1) is 0 Å². The Balaban J connectivity index is 1.59. The standard InChI is InChI=1S/C33H30ClN3O3/c1-39-26-17-18-27(32(21-26)40-2)29-22-31(37(35-29)30-16-10-9-15-28(30)34)33(38)36(23-25-13-7-4-8-14-25)20-19-24-11-5-3-6-12-24/h3-18,21-22H,19-20,23H2,1-2H3. The van der Waals surface area contributed by atoms with Gasteiger partial charge in [-0.2, -0.15) is 5.10 Å². The zero-order valence-electron chi connectivity index (χ0n) is 22.5. The van der Waals surface area contributed by atoms with E-state index >= 15 is 0 Å². The highest BCUT2D eigenvalue weighted by molar-refractivity contribution is 6.32. The zero-order chi connectivity index (χ0) is 27.9. The topological polar surface area (TPSA) is 56.6 Å². The van der Waals surface area contributed by atoms with E-state index in [0.29, 0.717) is 46.7 Å². The number of hydrogen-bond acceptors (Lipinski definition) is 4. The number of carbonyl (C=O) groups is 1. The summed E-state index contributed by atoms with van der Waals surface area (Å²) in [5.41, 5.74) is 4.56. The number of methoxy groups -OCH3 is 2. The van der Waals surface area contributed by atoms with E-state index in [2.05, 4.69) is 12.1 Å². The first-order valence-electron chi connectivity index (χ1n) is 13.0. The van der Waals surface area contributed by atoms with Gasteiger partial charge in [0.15, 0.2) is 0 Å². The van der Waals surface area contributed by atoms with Crippen LogP contribution in [-0.2, 0) is 13.0 Å². The Bertz CT molecular complexity index is 1590. The molecule has 1 heterocycles. The number of carbonyl (C=O) groups excluding carboxylic acids is 1. The Kier molecular flexibility index (Phi) is 8.47. The molecule has 0 unspecified atom stereocenters. The van der Waals surface area contributed by atoms with Crippen molar-refractivity contribution in [2.45, 2.75) is 13.0 Å². The predicted octanol–water partition coefficient (Wildman–Crippen LogP) is 7.10. The Morgan fingerprint density at radius 3 is 2.17 bits per heavy atom. The third kappa shape index (κ3) is 6.03. The lowest BCUT2D eigenvalue weighted by Crippen LogP contribution is -2.34. The summed E-state index contributed by atoms with van der Waals surface area (Å²) in [4.78, 5) is 16.2. The first kappa shape index (κ1) is 27.0. The monoisotopic (exact) mass is 551 g/mol. The summed E-state index contributed by atoms with van der Waals surface area (Å²) in [5, 5.41) is 5.36. The molecule has 0 bridgehead atoms. The van der Waals surface area contributed by atoms with E-state index in [0.717, 1.165) is 23.1 Å². The molecule has 0 aliphatic rings. The molecule has 0 N–H and O–H groups in total. The van der Waals surface area contributed by atoms with Crippen molar-refractivity contribution in [3.63, 3.8) is 0 Å². The Hall–Kier alpha value is -4.55. The van der Waals surface area contributed by atoms with Crippen LogP contribution in [0.15, 0.2) is 109 Å². The van der Waals surface area contributed by atoms with Gasteiger partial charge in [0.25, 0.3) is 5.91 Å². The normalized spacial score (nSPS) is 10.8. The van der Waals surface area contributed by atoms with E-state index in [9.17, 15) is 4.79 Å². The van der Waals surface area contributed by atoms with Crippen LogP contribution in [0.2, 0.25) is 5.02 Å². The molecular weight excluding hydrogens is 522 g/mol. The lowest BCUT2D eigenvalue weighted by atomic mass is 10.1. The molecule has 5 rings (SSSR count). The second kappa shape index (κ2) is 12.5. The summed E-state index contributed by atoms with van der Waals surface area (Å²) < 4.78 is 12.6. The number of para-hydroxylation sites is 1. The number of ether oxygens (including phenoxy) is 2. The molecule has 0 aliphatic heterocycles. The van der Waals surface area contributed by atoms with Gasteiger partial charge in [-0.15, -0.1) is 0 Å². The zero-order valence-corrected chi connectivity index (χ0v) is 23.2. The maximum Gasteiger partial charge on any atom is 0.272 e. The highest BCUT2D eigenvalue weighted by Gasteiger charge is 2.25. The van der Waals surface area contributed by atoms with Gasteiger partial charge in [0.1, 0.15) is 17.2 Å². The predicted molar refractivity (Wildman–Crippen MR) is 158 cm³/mol. The van der Waals surface area contributed by atoms with E-state index in [4.69, 9.17) is 26.2 Å². The van der Waals surface area contributed by atoms with Crippen molar-refractivity contribution >= 4 is 17.5 Å². The molecular formula is C33H30ClN3O3. The van der Waals surface area contributed by atoms with Gasteiger partial charge in [-0.3, -0.25) is 4.79 Å². The molecule has 40 heavy (non-hydrogen) atoms. The van der Waals surface area contributed by atoms with Gasteiger partial charge in [0.05, 0.1) is 30.6 Å². The maximum atomic E-state index is 14.3. The number of halogens is 1. The molecule has 0 spiro atoms. The number of benzene rings is 4. The second-order valence-corrected chi connectivity index (χ2v) is 9.70. The number of hydrogen-bond donors (Lipinski definition) is 0. The first-order valence-corrected chi connectivity index (χ1v) is 13.4. The molecule has 4 aromatic carbocycles. The fraction of sp³-hybridized carbons (Fsp3) is 0.152. The molecule has 6 nitrogen and oxygen atoms in total. The van der Waals surface area contributed by atoms with Crippen LogP contribution in [-0.4, -0.2) is 41.4 Å². The Morgan fingerprint density at radius 1 is 0.825 bits per heavy atom. The molecule has 7 heteroatoms. The second-order valence-electron chi connectivity index (χ2n) is 9.29. The summed E-state index contributed by atoms with van der Waals surface area (Å²) >= 11 is 6.61. The van der Waals surface area contributed by atoms with E-state index in [1.54, 1.807) is 37.1 Å². The van der Waals surface area contributed by atoms with Crippen molar-refractivity contribution in [3.05, 3.63) is 131 Å². The fourth-order valence-electron chi connectivity index (χ4n) is 4.61. The quantitative estimate of drug-likeness (QED) is 0.186. The minimum Gasteiger partial charge on any atom is -0.497 e. The van der Waals surface area contributed by atoms with Crippen molar-refractivity contribution in [2.24, 2.45) is 0 Å². The van der Waals surface area contributed by atoms with Gasteiger partial charge in [-0.1, -0.05) is 84.4 Å². The average Bonchev–Trinajstić information content (AvgIpc) is 3.44. The smallest absolute Gasteiger partial charge is 0.272 e. The van der Waals surface area contributed by atoms with E-state index in [1.807, 2.05) is 83.8 Å². The van der Waals surface area contributed by atoms with Gasteiger partial charge in [0.2, 0.25) is 0 Å². The summed E-state index contributed by atoms with van der Waals surface area (Å²) in [6.07, 6.45) is 0.721. The SMILES string of the molecule is COc1ccc(-c2cc(C(=O)N(CCc3ccccc3)Cc3ccccc3)n(-c3ccccc3Cl)n2)c(OC)c1. The molecule has 0 saturated heterocycles. The highest BCUT2D eigenvalue weighted by atomic mass is 35.5. The number of amides is 1. The van der Waals surface area contributed by atoms with Crippen molar-refractivity contribution < 1.29 is 14.3 Å². The lowest BCUT2D eigenvalue weighted by molar-refractivity contribution is 0.0736. The van der Waals surface area contributed by atoms with E-state index in [1.165, 1.54) is 0 Å². The summed E-state index contributed by atoms with van der Waals surface area (Å²) in [5.74, 6) is 1.11. The molecule has 1 amide bonds. The Morgan fingerprint density at radius 2 is 1.50 bits per heavy atom. The van der Waals surface area contributed by atoms with Gasteiger partial charge < -0.3 is 14.4 Å². The van der Waals surface area contributed by atoms with Crippen LogP contribution in [0.5, 0.6) is 11.5 Å².